The molecular weight excluding hydrogens is 380 g/mol. The van der Waals surface area contributed by atoms with E-state index in [1.54, 1.807) is 0 Å². The molecule has 2 atom stereocenters. The summed E-state index contributed by atoms with van der Waals surface area (Å²) >= 11 is 0. The predicted octanol–water partition coefficient (Wildman–Crippen LogP) is 4.85. The standard InChI is InChI=1S/C28H30N2O/c31-28(26(22-12-6-2-7-13-22)23-14-8-3-9-15-23)29-27-24-16-17-25(27)20-30(19-24)18-21-10-4-1-5-11-21/h1-15,24-27H,16-20H2,(H,29,31). The molecule has 3 nitrogen and oxygen atoms in total. The SMILES string of the molecule is O=C(NC1C2CCC1CN(Cc1ccccc1)C2)C(c1ccccc1)c1ccccc1. The maximum atomic E-state index is 13.6. The lowest BCUT2D eigenvalue weighted by Crippen LogP contribution is -2.53. The van der Waals surface area contributed by atoms with Crippen molar-refractivity contribution in [2.45, 2.75) is 31.3 Å². The minimum atomic E-state index is -0.260. The first kappa shape index (κ1) is 20.0. The van der Waals surface area contributed by atoms with Crippen LogP contribution >= 0.6 is 0 Å². The van der Waals surface area contributed by atoms with Crippen LogP contribution in [0.5, 0.6) is 0 Å². The van der Waals surface area contributed by atoms with Crippen molar-refractivity contribution in [1.82, 2.24) is 10.2 Å². The van der Waals surface area contributed by atoms with Crippen LogP contribution in [-0.4, -0.2) is 29.9 Å². The molecule has 3 aromatic rings. The number of hydrogen-bond donors (Lipinski definition) is 1. The highest BCUT2D eigenvalue weighted by Gasteiger charge is 2.43. The summed E-state index contributed by atoms with van der Waals surface area (Å²) in [5.74, 6) is 0.956. The van der Waals surface area contributed by atoms with E-state index >= 15 is 0 Å². The first-order valence-electron chi connectivity index (χ1n) is 11.4. The summed E-state index contributed by atoms with van der Waals surface area (Å²) in [5.41, 5.74) is 3.48. The Morgan fingerprint density at radius 2 is 1.26 bits per heavy atom. The summed E-state index contributed by atoms with van der Waals surface area (Å²) in [6.45, 7) is 3.14. The Morgan fingerprint density at radius 1 is 0.774 bits per heavy atom. The normalized spacial score (nSPS) is 23.1. The van der Waals surface area contributed by atoms with E-state index < -0.39 is 0 Å². The third-order valence-electron chi connectivity index (χ3n) is 7.00. The van der Waals surface area contributed by atoms with Gasteiger partial charge in [0, 0.05) is 25.7 Å². The van der Waals surface area contributed by atoms with Gasteiger partial charge in [0.25, 0.3) is 0 Å². The van der Waals surface area contributed by atoms with Gasteiger partial charge in [-0.05, 0) is 41.4 Å². The van der Waals surface area contributed by atoms with Crippen LogP contribution in [0.4, 0.5) is 0 Å². The fourth-order valence-corrected chi connectivity index (χ4v) is 5.56. The van der Waals surface area contributed by atoms with Crippen LogP contribution in [0.2, 0.25) is 0 Å². The molecule has 0 spiro atoms. The topological polar surface area (TPSA) is 32.3 Å². The van der Waals surface area contributed by atoms with Gasteiger partial charge < -0.3 is 5.32 Å². The lowest BCUT2D eigenvalue weighted by molar-refractivity contribution is -0.123. The Kier molecular flexibility index (Phi) is 5.86. The van der Waals surface area contributed by atoms with Gasteiger partial charge in [0.15, 0.2) is 0 Å². The smallest absolute Gasteiger partial charge is 0.232 e. The highest BCUT2D eigenvalue weighted by molar-refractivity contribution is 5.87. The summed E-state index contributed by atoms with van der Waals surface area (Å²) in [6, 6.07) is 31.3. The van der Waals surface area contributed by atoms with Gasteiger partial charge >= 0.3 is 0 Å². The Hall–Kier alpha value is -2.91. The molecule has 158 valence electrons. The zero-order valence-electron chi connectivity index (χ0n) is 17.9. The van der Waals surface area contributed by atoms with Crippen molar-refractivity contribution in [3.05, 3.63) is 108 Å². The first-order chi connectivity index (χ1) is 15.3. The van der Waals surface area contributed by atoms with E-state index in [1.165, 1.54) is 18.4 Å². The molecule has 31 heavy (non-hydrogen) atoms. The Labute approximate surface area is 185 Å². The van der Waals surface area contributed by atoms with Crippen LogP contribution in [0.1, 0.15) is 35.4 Å². The fourth-order valence-electron chi connectivity index (χ4n) is 5.56. The van der Waals surface area contributed by atoms with Crippen LogP contribution < -0.4 is 5.32 Å². The zero-order valence-corrected chi connectivity index (χ0v) is 17.9. The van der Waals surface area contributed by atoms with Crippen molar-refractivity contribution in [1.29, 1.82) is 0 Å². The molecule has 2 fully saturated rings. The Bertz CT molecular complexity index is 936. The highest BCUT2D eigenvalue weighted by Crippen LogP contribution is 2.38. The molecule has 2 unspecified atom stereocenters. The van der Waals surface area contributed by atoms with Crippen molar-refractivity contribution >= 4 is 5.91 Å². The monoisotopic (exact) mass is 410 g/mol. The number of piperidine rings is 1. The van der Waals surface area contributed by atoms with Gasteiger partial charge in [-0.15, -0.1) is 0 Å². The second-order valence-corrected chi connectivity index (χ2v) is 9.07. The summed E-state index contributed by atoms with van der Waals surface area (Å²) in [6.07, 6.45) is 2.42. The van der Waals surface area contributed by atoms with Crippen molar-refractivity contribution < 1.29 is 4.79 Å². The van der Waals surface area contributed by atoms with E-state index in [4.69, 9.17) is 0 Å². The van der Waals surface area contributed by atoms with Crippen LogP contribution in [0.15, 0.2) is 91.0 Å². The Balaban J connectivity index is 1.30. The highest BCUT2D eigenvalue weighted by atomic mass is 16.2. The maximum Gasteiger partial charge on any atom is 0.232 e. The molecule has 1 saturated heterocycles. The molecule has 3 heteroatoms. The molecule has 0 aromatic heterocycles. The predicted molar refractivity (Wildman–Crippen MR) is 125 cm³/mol. The van der Waals surface area contributed by atoms with Crippen LogP contribution in [0.3, 0.4) is 0 Å². The van der Waals surface area contributed by atoms with Gasteiger partial charge in [0.2, 0.25) is 5.91 Å². The average Bonchev–Trinajstić information content (AvgIpc) is 3.03. The zero-order chi connectivity index (χ0) is 21.0. The molecule has 1 amide bonds. The van der Waals surface area contributed by atoms with E-state index in [0.717, 1.165) is 30.8 Å². The van der Waals surface area contributed by atoms with Gasteiger partial charge in [-0.1, -0.05) is 91.0 Å². The number of likely N-dealkylation sites (tertiary alicyclic amines) is 1. The number of rotatable bonds is 6. The molecular formula is C28H30N2O. The second-order valence-electron chi connectivity index (χ2n) is 9.07. The molecule has 2 bridgehead atoms. The summed E-state index contributed by atoms with van der Waals surface area (Å²) < 4.78 is 0. The van der Waals surface area contributed by atoms with E-state index in [2.05, 4.69) is 64.8 Å². The Morgan fingerprint density at radius 3 is 1.77 bits per heavy atom. The number of benzene rings is 3. The van der Waals surface area contributed by atoms with Gasteiger partial charge in [-0.25, -0.2) is 0 Å². The molecule has 0 radical (unpaired) electrons. The third kappa shape index (κ3) is 4.42. The van der Waals surface area contributed by atoms with E-state index in [-0.39, 0.29) is 17.9 Å². The molecule has 5 rings (SSSR count). The van der Waals surface area contributed by atoms with Gasteiger partial charge in [-0.2, -0.15) is 0 Å². The van der Waals surface area contributed by atoms with Gasteiger partial charge in [0.1, 0.15) is 0 Å². The van der Waals surface area contributed by atoms with Crippen LogP contribution in [0.25, 0.3) is 0 Å². The van der Waals surface area contributed by atoms with Crippen LogP contribution in [-0.2, 0) is 11.3 Å². The molecule has 3 aromatic carbocycles. The minimum Gasteiger partial charge on any atom is -0.352 e. The lowest BCUT2D eigenvalue weighted by Gasteiger charge is -2.39. The average molecular weight is 411 g/mol. The van der Waals surface area contributed by atoms with Crippen molar-refractivity contribution in [2.24, 2.45) is 11.8 Å². The minimum absolute atomic E-state index is 0.135. The fraction of sp³-hybridized carbons (Fsp3) is 0.321. The number of nitrogens with one attached hydrogen (secondary N) is 1. The van der Waals surface area contributed by atoms with Crippen molar-refractivity contribution in [2.75, 3.05) is 13.1 Å². The third-order valence-corrected chi connectivity index (χ3v) is 7.00. The molecule has 1 aliphatic carbocycles. The summed E-state index contributed by atoms with van der Waals surface area (Å²) in [4.78, 5) is 16.2. The number of carbonyl (C=O) groups excluding carboxylic acids is 1. The quantitative estimate of drug-likeness (QED) is 0.630. The number of amides is 1. The number of hydrogen-bond acceptors (Lipinski definition) is 2. The van der Waals surface area contributed by atoms with E-state index in [9.17, 15) is 4.79 Å². The molecule has 1 heterocycles. The second kappa shape index (κ2) is 9.07. The number of carbonyl (C=O) groups is 1. The summed E-state index contributed by atoms with van der Waals surface area (Å²) in [7, 11) is 0. The lowest BCUT2D eigenvalue weighted by atomic mass is 9.87. The van der Waals surface area contributed by atoms with E-state index in [0.29, 0.717) is 11.8 Å². The summed E-state index contributed by atoms with van der Waals surface area (Å²) in [5, 5.41) is 3.50. The number of nitrogens with zero attached hydrogens (tertiary/aromatic N) is 1. The van der Waals surface area contributed by atoms with E-state index in [1.807, 2.05) is 36.4 Å². The molecule has 1 N–H and O–H groups in total. The van der Waals surface area contributed by atoms with Crippen molar-refractivity contribution in [3.63, 3.8) is 0 Å². The van der Waals surface area contributed by atoms with Crippen molar-refractivity contribution in [3.8, 4) is 0 Å². The maximum absolute atomic E-state index is 13.6. The van der Waals surface area contributed by atoms with Crippen LogP contribution in [0, 0.1) is 11.8 Å². The van der Waals surface area contributed by atoms with Gasteiger partial charge in [-0.3, -0.25) is 9.69 Å². The molecule has 1 saturated carbocycles. The molecule has 2 aliphatic rings. The van der Waals surface area contributed by atoms with Gasteiger partial charge in [0.05, 0.1) is 5.92 Å². The first-order valence-corrected chi connectivity index (χ1v) is 11.4. The largest absolute Gasteiger partial charge is 0.352 e. The number of fused-ring (bicyclic) bond motifs is 2. The molecule has 1 aliphatic heterocycles.